The predicted molar refractivity (Wildman–Crippen MR) is 94.0 cm³/mol. The van der Waals surface area contributed by atoms with Gasteiger partial charge in [0.15, 0.2) is 5.82 Å². The number of aromatic nitrogens is 4. The largest absolute Gasteiger partial charge is 0.340 e. The van der Waals surface area contributed by atoms with Gasteiger partial charge in [-0.2, -0.15) is 5.26 Å². The molecule has 0 unspecified atom stereocenters. The van der Waals surface area contributed by atoms with Crippen molar-refractivity contribution in [2.45, 2.75) is 6.54 Å². The monoisotopic (exact) mass is 323 g/mol. The maximum Gasteiger partial charge on any atom is 0.185 e. The summed E-state index contributed by atoms with van der Waals surface area (Å²) in [5.74, 6) is 0.838. The lowest BCUT2D eigenvalue weighted by molar-refractivity contribution is 0.816. The highest BCUT2D eigenvalue weighted by Crippen LogP contribution is 2.33. The van der Waals surface area contributed by atoms with Gasteiger partial charge >= 0.3 is 0 Å². The van der Waals surface area contributed by atoms with Gasteiger partial charge in [0.05, 0.1) is 23.0 Å². The second-order valence-corrected chi connectivity index (χ2v) is 6.08. The van der Waals surface area contributed by atoms with E-state index in [0.29, 0.717) is 5.56 Å². The molecule has 0 bridgehead atoms. The maximum absolute atomic E-state index is 8.97. The minimum absolute atomic E-state index is 0.665. The van der Waals surface area contributed by atoms with E-state index < -0.39 is 0 Å². The Bertz CT molecular complexity index is 1130. The van der Waals surface area contributed by atoms with Crippen LogP contribution in [0, 0.1) is 11.3 Å². The summed E-state index contributed by atoms with van der Waals surface area (Å²) in [6.07, 6.45) is 3.90. The third-order valence-corrected chi connectivity index (χ3v) is 4.61. The van der Waals surface area contributed by atoms with Crippen molar-refractivity contribution in [1.82, 2.24) is 19.3 Å². The molecule has 0 radical (unpaired) electrons. The van der Waals surface area contributed by atoms with Crippen LogP contribution >= 0.6 is 0 Å². The summed E-state index contributed by atoms with van der Waals surface area (Å²) in [6, 6.07) is 20.2. The average molecular weight is 323 g/mol. The molecule has 4 aromatic rings. The van der Waals surface area contributed by atoms with Crippen molar-refractivity contribution in [3.05, 3.63) is 78.2 Å². The summed E-state index contributed by atoms with van der Waals surface area (Å²) >= 11 is 0. The summed E-state index contributed by atoms with van der Waals surface area (Å²) in [7, 11) is 0. The van der Waals surface area contributed by atoms with Gasteiger partial charge in [0.1, 0.15) is 6.33 Å². The van der Waals surface area contributed by atoms with Crippen LogP contribution in [0.25, 0.3) is 28.3 Å². The molecular formula is C20H13N5. The Morgan fingerprint density at radius 1 is 1.00 bits per heavy atom. The standard InChI is InChI=1S/C20H13N5/c21-10-14-5-7-15(8-6-14)17-9-19-20-23-22-13-25(20)18-4-2-1-3-16(18)11-24(19)12-17/h1-9,12-13H,11H2. The molecule has 0 spiro atoms. The maximum atomic E-state index is 8.97. The lowest BCUT2D eigenvalue weighted by atomic mass is 10.1. The molecule has 0 amide bonds. The molecule has 3 heterocycles. The third-order valence-electron chi connectivity index (χ3n) is 4.61. The third kappa shape index (κ3) is 2.08. The van der Waals surface area contributed by atoms with Crippen LogP contribution in [-0.2, 0) is 6.54 Å². The molecule has 118 valence electrons. The second kappa shape index (κ2) is 5.18. The van der Waals surface area contributed by atoms with E-state index in [9.17, 15) is 0 Å². The molecular weight excluding hydrogens is 310 g/mol. The average Bonchev–Trinajstić information content (AvgIpc) is 3.27. The van der Waals surface area contributed by atoms with Crippen LogP contribution in [0.15, 0.2) is 67.1 Å². The minimum atomic E-state index is 0.665. The van der Waals surface area contributed by atoms with Gasteiger partial charge in [0.25, 0.3) is 0 Å². The fourth-order valence-corrected chi connectivity index (χ4v) is 3.37. The van der Waals surface area contributed by atoms with Crippen molar-refractivity contribution in [2.24, 2.45) is 0 Å². The fourth-order valence-electron chi connectivity index (χ4n) is 3.37. The molecule has 0 saturated carbocycles. The van der Waals surface area contributed by atoms with Crippen LogP contribution in [0.1, 0.15) is 11.1 Å². The van der Waals surface area contributed by atoms with Gasteiger partial charge in [0.2, 0.25) is 0 Å². The molecule has 5 heteroatoms. The normalized spacial score (nSPS) is 11.8. The lowest BCUT2D eigenvalue weighted by Gasteiger charge is -2.07. The van der Waals surface area contributed by atoms with Crippen molar-refractivity contribution >= 4 is 0 Å². The number of fused-ring (bicyclic) bond motifs is 5. The van der Waals surface area contributed by atoms with Gasteiger partial charge in [-0.3, -0.25) is 4.57 Å². The number of benzene rings is 2. The molecule has 0 aliphatic carbocycles. The Hall–Kier alpha value is -3.65. The Balaban J connectivity index is 1.68. The molecule has 5 rings (SSSR count). The molecule has 2 aromatic carbocycles. The summed E-state index contributed by atoms with van der Waals surface area (Å²) < 4.78 is 4.25. The molecule has 0 saturated heterocycles. The predicted octanol–water partition coefficient (Wildman–Crippen LogP) is 3.64. The highest BCUT2D eigenvalue weighted by atomic mass is 15.3. The SMILES string of the molecule is N#Cc1ccc(-c2cc3n(c2)Cc2ccccc2-n2cnnc2-3)cc1. The van der Waals surface area contributed by atoms with E-state index in [-0.39, 0.29) is 0 Å². The van der Waals surface area contributed by atoms with Gasteiger partial charge in [-0.25, -0.2) is 0 Å². The van der Waals surface area contributed by atoms with Crippen LogP contribution in [-0.4, -0.2) is 19.3 Å². The first-order chi connectivity index (χ1) is 12.3. The fraction of sp³-hybridized carbons (Fsp3) is 0.0500. The van der Waals surface area contributed by atoms with E-state index in [1.54, 1.807) is 6.33 Å². The van der Waals surface area contributed by atoms with Gasteiger partial charge in [0, 0.05) is 18.3 Å². The van der Waals surface area contributed by atoms with E-state index >= 15 is 0 Å². The van der Waals surface area contributed by atoms with Crippen molar-refractivity contribution in [2.75, 3.05) is 0 Å². The van der Waals surface area contributed by atoms with Gasteiger partial charge in [-0.1, -0.05) is 30.3 Å². The summed E-state index contributed by atoms with van der Waals surface area (Å²) in [6.45, 7) is 0.783. The molecule has 1 aliphatic heterocycles. The zero-order valence-corrected chi connectivity index (χ0v) is 13.3. The van der Waals surface area contributed by atoms with Gasteiger partial charge in [-0.05, 0) is 35.4 Å². The first kappa shape index (κ1) is 13.8. The molecule has 1 aliphatic rings. The van der Waals surface area contributed by atoms with Crippen LogP contribution < -0.4 is 0 Å². The summed E-state index contributed by atoms with van der Waals surface area (Å²) in [4.78, 5) is 0. The Labute approximate surface area is 144 Å². The van der Waals surface area contributed by atoms with Crippen molar-refractivity contribution in [1.29, 1.82) is 5.26 Å². The van der Waals surface area contributed by atoms with Crippen LogP contribution in [0.2, 0.25) is 0 Å². The van der Waals surface area contributed by atoms with E-state index in [1.807, 2.05) is 34.9 Å². The van der Waals surface area contributed by atoms with Crippen LogP contribution in [0.4, 0.5) is 0 Å². The lowest BCUT2D eigenvalue weighted by Crippen LogP contribution is -1.99. The van der Waals surface area contributed by atoms with E-state index in [4.69, 9.17) is 5.26 Å². The Morgan fingerprint density at radius 3 is 2.68 bits per heavy atom. The number of hydrogen-bond acceptors (Lipinski definition) is 3. The first-order valence-corrected chi connectivity index (χ1v) is 8.03. The molecule has 0 N–H and O–H groups in total. The Morgan fingerprint density at radius 2 is 1.84 bits per heavy atom. The molecule has 25 heavy (non-hydrogen) atoms. The van der Waals surface area contributed by atoms with Crippen molar-refractivity contribution in [3.8, 4) is 34.4 Å². The van der Waals surface area contributed by atoms with E-state index in [2.05, 4.69) is 51.3 Å². The zero-order chi connectivity index (χ0) is 16.8. The number of nitrogens with zero attached hydrogens (tertiary/aromatic N) is 5. The number of rotatable bonds is 1. The quantitative estimate of drug-likeness (QED) is 0.473. The van der Waals surface area contributed by atoms with Crippen LogP contribution in [0.5, 0.6) is 0 Å². The molecule has 0 atom stereocenters. The number of hydrogen-bond donors (Lipinski definition) is 0. The molecule has 2 aromatic heterocycles. The highest BCUT2D eigenvalue weighted by molar-refractivity contribution is 5.71. The molecule has 0 fully saturated rings. The number of para-hydroxylation sites is 1. The first-order valence-electron chi connectivity index (χ1n) is 8.03. The minimum Gasteiger partial charge on any atom is -0.340 e. The molecule has 5 nitrogen and oxygen atoms in total. The van der Waals surface area contributed by atoms with Gasteiger partial charge in [-0.15, -0.1) is 10.2 Å². The van der Waals surface area contributed by atoms with Crippen molar-refractivity contribution < 1.29 is 0 Å². The van der Waals surface area contributed by atoms with Gasteiger partial charge < -0.3 is 4.57 Å². The van der Waals surface area contributed by atoms with E-state index in [0.717, 1.165) is 34.9 Å². The summed E-state index contributed by atoms with van der Waals surface area (Å²) in [5.41, 5.74) is 6.23. The Kier molecular flexibility index (Phi) is 2.85. The van der Waals surface area contributed by atoms with Crippen LogP contribution in [0.3, 0.4) is 0 Å². The second-order valence-electron chi connectivity index (χ2n) is 6.08. The zero-order valence-electron chi connectivity index (χ0n) is 13.3. The highest BCUT2D eigenvalue weighted by Gasteiger charge is 2.21. The summed E-state index contributed by atoms with van der Waals surface area (Å²) in [5, 5.41) is 17.4. The number of nitriles is 1. The smallest absolute Gasteiger partial charge is 0.185 e. The van der Waals surface area contributed by atoms with E-state index in [1.165, 1.54) is 5.56 Å². The van der Waals surface area contributed by atoms with Crippen molar-refractivity contribution in [3.63, 3.8) is 0 Å². The topological polar surface area (TPSA) is 59.4 Å².